The van der Waals surface area contributed by atoms with Crippen LogP contribution >= 0.6 is 11.6 Å². The molecular weight excluding hydrogens is 390 g/mol. The van der Waals surface area contributed by atoms with Crippen LogP contribution < -0.4 is 11.1 Å². The number of nitrogens with zero attached hydrogens (tertiary/aromatic N) is 1. The van der Waals surface area contributed by atoms with Crippen molar-refractivity contribution in [3.8, 4) is 0 Å². The molecule has 0 aromatic heterocycles. The van der Waals surface area contributed by atoms with E-state index in [9.17, 15) is 18.0 Å². The van der Waals surface area contributed by atoms with Crippen LogP contribution in [0.5, 0.6) is 0 Å². The van der Waals surface area contributed by atoms with Gasteiger partial charge < -0.3 is 11.1 Å². The van der Waals surface area contributed by atoms with Crippen LogP contribution in [0, 0.1) is 0 Å². The third kappa shape index (κ3) is 5.06. The lowest BCUT2D eigenvalue weighted by Gasteiger charge is -2.13. The molecule has 0 saturated heterocycles. The van der Waals surface area contributed by atoms with Gasteiger partial charge in [-0.2, -0.15) is 0 Å². The molecule has 0 aliphatic heterocycles. The van der Waals surface area contributed by atoms with E-state index < -0.39 is 21.8 Å². The number of hydrogen-bond donors (Lipinski definition) is 2. The molecule has 0 spiro atoms. The maximum absolute atomic E-state index is 12.4. The Morgan fingerprint density at radius 1 is 1.15 bits per heavy atom. The van der Waals surface area contributed by atoms with Crippen LogP contribution in [0.15, 0.2) is 47.4 Å². The van der Waals surface area contributed by atoms with E-state index >= 15 is 0 Å². The molecule has 0 bridgehead atoms. The third-order valence-corrected chi connectivity index (χ3v) is 6.01. The Bertz CT molecular complexity index is 974. The topological polar surface area (TPSA) is 110 Å². The van der Waals surface area contributed by atoms with Crippen LogP contribution in [0.4, 0.5) is 0 Å². The minimum absolute atomic E-state index is 0.0174. The first-order valence-electron chi connectivity index (χ1n) is 8.02. The van der Waals surface area contributed by atoms with Crippen molar-refractivity contribution in [2.45, 2.75) is 11.3 Å². The van der Waals surface area contributed by atoms with Crippen LogP contribution in [0.2, 0.25) is 5.02 Å². The molecule has 2 rings (SSSR count). The van der Waals surface area contributed by atoms with Crippen molar-refractivity contribution in [3.63, 3.8) is 0 Å². The van der Waals surface area contributed by atoms with Gasteiger partial charge in [-0.1, -0.05) is 23.7 Å². The number of rotatable bonds is 7. The van der Waals surface area contributed by atoms with Gasteiger partial charge in [-0.15, -0.1) is 0 Å². The van der Waals surface area contributed by atoms with E-state index in [1.807, 2.05) is 6.07 Å². The molecule has 0 heterocycles. The number of carbonyl (C=O) groups is 2. The summed E-state index contributed by atoms with van der Waals surface area (Å²) in [5.74, 6) is -1.01. The second-order valence-corrected chi connectivity index (χ2v) is 8.56. The fourth-order valence-electron chi connectivity index (χ4n) is 2.35. The molecule has 0 radical (unpaired) electrons. The Hall–Kier alpha value is -2.42. The second kappa shape index (κ2) is 8.51. The number of carbonyl (C=O) groups excluding carboxylic acids is 2. The third-order valence-electron chi connectivity index (χ3n) is 3.87. The quantitative estimate of drug-likeness (QED) is 0.724. The lowest BCUT2D eigenvalue weighted by atomic mass is 10.1. The van der Waals surface area contributed by atoms with Crippen molar-refractivity contribution in [1.29, 1.82) is 0 Å². The molecule has 2 amide bonds. The monoisotopic (exact) mass is 409 g/mol. The zero-order chi connectivity index (χ0) is 20.2. The molecule has 144 valence electrons. The maximum atomic E-state index is 12.4. The highest BCUT2D eigenvalue weighted by atomic mass is 35.5. The van der Waals surface area contributed by atoms with Gasteiger partial charge in [-0.25, -0.2) is 12.7 Å². The number of amides is 2. The number of nitrogens with two attached hydrogens (primary N) is 1. The van der Waals surface area contributed by atoms with Crippen molar-refractivity contribution >= 4 is 33.4 Å². The predicted octanol–water partition coefficient (Wildman–Crippen LogP) is 1.66. The average molecular weight is 410 g/mol. The summed E-state index contributed by atoms with van der Waals surface area (Å²) in [7, 11) is -0.862. The van der Waals surface area contributed by atoms with Crippen molar-refractivity contribution in [2.75, 3.05) is 20.6 Å². The van der Waals surface area contributed by atoms with Gasteiger partial charge in [0, 0.05) is 26.2 Å². The van der Waals surface area contributed by atoms with E-state index in [1.165, 1.54) is 32.3 Å². The maximum Gasteiger partial charge on any atom is 0.252 e. The van der Waals surface area contributed by atoms with Crippen molar-refractivity contribution < 1.29 is 18.0 Å². The van der Waals surface area contributed by atoms with Gasteiger partial charge in [0.1, 0.15) is 0 Å². The van der Waals surface area contributed by atoms with Gasteiger partial charge in [-0.05, 0) is 42.3 Å². The van der Waals surface area contributed by atoms with Crippen LogP contribution in [-0.2, 0) is 16.4 Å². The Kier molecular flexibility index (Phi) is 6.59. The lowest BCUT2D eigenvalue weighted by Crippen LogP contribution is -2.27. The van der Waals surface area contributed by atoms with Gasteiger partial charge in [-0.3, -0.25) is 9.59 Å². The highest BCUT2D eigenvalue weighted by Crippen LogP contribution is 2.22. The van der Waals surface area contributed by atoms with Crippen LogP contribution in [0.25, 0.3) is 0 Å². The molecular formula is C18H20ClN3O4S. The minimum atomic E-state index is -3.68. The molecule has 3 N–H and O–H groups in total. The summed E-state index contributed by atoms with van der Waals surface area (Å²) in [5.41, 5.74) is 6.55. The fourth-order valence-corrected chi connectivity index (χ4v) is 3.48. The van der Waals surface area contributed by atoms with Crippen molar-refractivity contribution in [2.24, 2.45) is 5.73 Å². The molecule has 7 nitrogen and oxygen atoms in total. The van der Waals surface area contributed by atoms with Crippen LogP contribution in [0.1, 0.15) is 26.3 Å². The fraction of sp³-hybridized carbons (Fsp3) is 0.222. The first-order valence-corrected chi connectivity index (χ1v) is 9.83. The lowest BCUT2D eigenvalue weighted by molar-refractivity contribution is 0.0952. The summed E-state index contributed by atoms with van der Waals surface area (Å²) in [6, 6.07) is 10.8. The van der Waals surface area contributed by atoms with Gasteiger partial charge >= 0.3 is 0 Å². The largest absolute Gasteiger partial charge is 0.366 e. The average Bonchev–Trinajstić information content (AvgIpc) is 2.61. The number of primary amides is 1. The van der Waals surface area contributed by atoms with E-state index in [1.54, 1.807) is 18.2 Å². The predicted molar refractivity (Wildman–Crippen MR) is 103 cm³/mol. The molecule has 0 fully saturated rings. The first kappa shape index (κ1) is 20.9. The normalized spacial score (nSPS) is 11.4. The van der Waals surface area contributed by atoms with Gasteiger partial charge in [0.25, 0.3) is 5.91 Å². The summed E-state index contributed by atoms with van der Waals surface area (Å²) in [6.45, 7) is 0.280. The van der Waals surface area contributed by atoms with Crippen LogP contribution in [-0.4, -0.2) is 45.2 Å². The number of sulfonamides is 1. The zero-order valence-corrected chi connectivity index (χ0v) is 16.5. The SMILES string of the molecule is CN(C)S(=O)(=O)c1ccc(Cl)c(C(=O)NCCc2cccc(C(N)=O)c2)c1. The highest BCUT2D eigenvalue weighted by Gasteiger charge is 2.20. The standard InChI is InChI=1S/C18H20ClN3O4S/c1-22(2)27(25,26)14-6-7-16(19)15(11-14)18(24)21-9-8-12-4-3-5-13(10-12)17(20)23/h3-7,10-11H,8-9H2,1-2H3,(H2,20,23)(H,21,24). The molecule has 0 saturated carbocycles. The highest BCUT2D eigenvalue weighted by molar-refractivity contribution is 7.89. The molecule has 9 heteroatoms. The second-order valence-electron chi connectivity index (χ2n) is 6.00. The number of nitrogens with one attached hydrogen (secondary N) is 1. The van der Waals surface area contributed by atoms with E-state index in [0.717, 1.165) is 9.87 Å². The van der Waals surface area contributed by atoms with Crippen LogP contribution in [0.3, 0.4) is 0 Å². The van der Waals surface area contributed by atoms with Gasteiger partial charge in [0.2, 0.25) is 15.9 Å². The molecule has 2 aromatic carbocycles. The molecule has 0 atom stereocenters. The molecule has 0 unspecified atom stereocenters. The molecule has 0 aliphatic rings. The Morgan fingerprint density at radius 3 is 2.48 bits per heavy atom. The number of hydrogen-bond acceptors (Lipinski definition) is 4. The molecule has 27 heavy (non-hydrogen) atoms. The summed E-state index contributed by atoms with van der Waals surface area (Å²) < 4.78 is 25.5. The van der Waals surface area contributed by atoms with E-state index in [-0.39, 0.29) is 22.0 Å². The Labute approximate surface area is 163 Å². The zero-order valence-electron chi connectivity index (χ0n) is 14.9. The Balaban J connectivity index is 2.10. The minimum Gasteiger partial charge on any atom is -0.366 e. The number of halogens is 1. The van der Waals surface area contributed by atoms with Crippen molar-refractivity contribution in [3.05, 3.63) is 64.2 Å². The van der Waals surface area contributed by atoms with Crippen molar-refractivity contribution in [1.82, 2.24) is 9.62 Å². The molecule has 2 aromatic rings. The van der Waals surface area contributed by atoms with E-state index in [4.69, 9.17) is 17.3 Å². The molecule has 0 aliphatic carbocycles. The van der Waals surface area contributed by atoms with E-state index in [0.29, 0.717) is 12.0 Å². The van der Waals surface area contributed by atoms with Gasteiger partial charge in [0.15, 0.2) is 0 Å². The summed E-state index contributed by atoms with van der Waals surface area (Å²) in [5, 5.41) is 2.85. The summed E-state index contributed by atoms with van der Waals surface area (Å²) in [6.07, 6.45) is 0.472. The smallest absolute Gasteiger partial charge is 0.252 e. The number of benzene rings is 2. The summed E-state index contributed by atoms with van der Waals surface area (Å²) in [4.78, 5) is 23.6. The van der Waals surface area contributed by atoms with Gasteiger partial charge in [0.05, 0.1) is 15.5 Å². The first-order chi connectivity index (χ1) is 12.6. The summed E-state index contributed by atoms with van der Waals surface area (Å²) >= 11 is 6.05. The Morgan fingerprint density at radius 2 is 1.85 bits per heavy atom. The van der Waals surface area contributed by atoms with E-state index in [2.05, 4.69) is 5.32 Å².